The number of unbranched alkanes of at least 4 members (excludes halogenated alkanes) is 1. The molecule has 0 radical (unpaired) electrons. The van der Waals surface area contributed by atoms with Crippen molar-refractivity contribution in [3.63, 3.8) is 0 Å². The molecule has 2 aromatic carbocycles. The molecule has 25 heavy (non-hydrogen) atoms. The molecule has 3 N–H and O–H groups in total. The normalized spacial score (nSPS) is 13.2. The maximum Gasteiger partial charge on any atom is 0.251 e. The van der Waals surface area contributed by atoms with Gasteiger partial charge in [0.05, 0.1) is 12.1 Å². The summed E-state index contributed by atoms with van der Waals surface area (Å²) in [6.07, 6.45) is 1.89. The molecule has 2 atom stereocenters. The SMILES string of the molecule is CCCCOC(C)[C@@H](NC(=O)c1ccc(N)cc1)c1ccc(Cl)cc1. The standard InChI is InChI=1S/C20H25ClN2O2/c1-3-4-13-25-14(2)19(15-5-9-17(21)10-6-15)23-20(24)16-7-11-18(22)12-8-16/h5-12,14,19H,3-4,13,22H2,1-2H3,(H,23,24)/t14?,19-/m1/s1. The van der Waals surface area contributed by atoms with Crippen LogP contribution in [0.25, 0.3) is 0 Å². The number of ether oxygens (including phenoxy) is 1. The molecule has 0 saturated carbocycles. The monoisotopic (exact) mass is 360 g/mol. The summed E-state index contributed by atoms with van der Waals surface area (Å²) in [5.41, 5.74) is 7.83. The summed E-state index contributed by atoms with van der Waals surface area (Å²) >= 11 is 5.98. The number of hydrogen-bond donors (Lipinski definition) is 2. The first-order valence-corrected chi connectivity index (χ1v) is 8.92. The van der Waals surface area contributed by atoms with E-state index in [1.807, 2.05) is 31.2 Å². The molecule has 0 bridgehead atoms. The number of anilines is 1. The second-order valence-electron chi connectivity index (χ2n) is 6.05. The Morgan fingerprint density at radius 2 is 1.80 bits per heavy atom. The van der Waals surface area contributed by atoms with Gasteiger partial charge in [-0.15, -0.1) is 0 Å². The van der Waals surface area contributed by atoms with Crippen LogP contribution in [0.3, 0.4) is 0 Å². The van der Waals surface area contributed by atoms with Gasteiger partial charge in [-0.2, -0.15) is 0 Å². The molecular weight excluding hydrogens is 336 g/mol. The van der Waals surface area contributed by atoms with Crippen LogP contribution in [0.2, 0.25) is 5.02 Å². The Bertz CT molecular complexity index is 671. The van der Waals surface area contributed by atoms with Gasteiger partial charge < -0.3 is 15.8 Å². The minimum atomic E-state index is -0.265. The molecule has 0 aliphatic heterocycles. The molecule has 1 amide bonds. The van der Waals surface area contributed by atoms with Crippen molar-refractivity contribution in [2.75, 3.05) is 12.3 Å². The minimum absolute atomic E-state index is 0.161. The number of carbonyl (C=O) groups excluding carboxylic acids is 1. The summed E-state index contributed by atoms with van der Waals surface area (Å²) in [5.74, 6) is -0.161. The molecule has 0 aliphatic carbocycles. The first-order chi connectivity index (χ1) is 12.0. The summed E-state index contributed by atoms with van der Waals surface area (Å²) in [6, 6.07) is 14.1. The van der Waals surface area contributed by atoms with E-state index in [9.17, 15) is 4.79 Å². The predicted molar refractivity (Wildman–Crippen MR) is 103 cm³/mol. The van der Waals surface area contributed by atoms with Gasteiger partial charge in [-0.05, 0) is 55.3 Å². The first-order valence-electron chi connectivity index (χ1n) is 8.54. The molecule has 0 spiro atoms. The van der Waals surface area contributed by atoms with E-state index in [-0.39, 0.29) is 18.1 Å². The van der Waals surface area contributed by atoms with E-state index in [0.717, 1.165) is 18.4 Å². The lowest BCUT2D eigenvalue weighted by Gasteiger charge is -2.26. The number of nitrogens with one attached hydrogen (secondary N) is 1. The summed E-state index contributed by atoms with van der Waals surface area (Å²) in [4.78, 5) is 12.6. The fourth-order valence-corrected chi connectivity index (χ4v) is 2.64. The highest BCUT2D eigenvalue weighted by molar-refractivity contribution is 6.30. The van der Waals surface area contributed by atoms with Gasteiger partial charge in [0.1, 0.15) is 0 Å². The zero-order valence-corrected chi connectivity index (χ0v) is 15.4. The molecule has 2 aromatic rings. The zero-order valence-electron chi connectivity index (χ0n) is 14.7. The van der Waals surface area contributed by atoms with E-state index in [0.29, 0.717) is 22.9 Å². The van der Waals surface area contributed by atoms with Gasteiger partial charge in [0.25, 0.3) is 5.91 Å². The second kappa shape index (κ2) is 9.44. The lowest BCUT2D eigenvalue weighted by Crippen LogP contribution is -2.36. The summed E-state index contributed by atoms with van der Waals surface area (Å²) in [6.45, 7) is 4.76. The van der Waals surface area contributed by atoms with E-state index >= 15 is 0 Å². The van der Waals surface area contributed by atoms with E-state index in [4.69, 9.17) is 22.1 Å². The molecule has 134 valence electrons. The van der Waals surface area contributed by atoms with Gasteiger partial charge in [-0.3, -0.25) is 4.79 Å². The highest BCUT2D eigenvalue weighted by Gasteiger charge is 2.22. The van der Waals surface area contributed by atoms with Gasteiger partial charge in [0.15, 0.2) is 0 Å². The van der Waals surface area contributed by atoms with Gasteiger partial charge in [0.2, 0.25) is 0 Å². The lowest BCUT2D eigenvalue weighted by molar-refractivity contribution is 0.0350. The van der Waals surface area contributed by atoms with Crippen molar-refractivity contribution in [1.29, 1.82) is 0 Å². The van der Waals surface area contributed by atoms with E-state index < -0.39 is 0 Å². The fourth-order valence-electron chi connectivity index (χ4n) is 2.51. The van der Waals surface area contributed by atoms with Crippen molar-refractivity contribution in [3.05, 3.63) is 64.7 Å². The smallest absolute Gasteiger partial charge is 0.251 e. The van der Waals surface area contributed by atoms with Crippen LogP contribution < -0.4 is 11.1 Å². The average Bonchev–Trinajstić information content (AvgIpc) is 2.61. The second-order valence-corrected chi connectivity index (χ2v) is 6.49. The molecule has 2 rings (SSSR count). The van der Waals surface area contributed by atoms with Crippen molar-refractivity contribution in [2.45, 2.75) is 38.8 Å². The quantitative estimate of drug-likeness (QED) is 0.534. The van der Waals surface area contributed by atoms with E-state index in [1.54, 1.807) is 24.3 Å². The minimum Gasteiger partial charge on any atom is -0.399 e. The Kier molecular flexibility index (Phi) is 7.29. The molecule has 0 aliphatic rings. The Morgan fingerprint density at radius 3 is 2.40 bits per heavy atom. The van der Waals surface area contributed by atoms with Crippen LogP contribution in [-0.2, 0) is 4.74 Å². The molecule has 0 aromatic heterocycles. The van der Waals surface area contributed by atoms with Crippen LogP contribution in [0.1, 0.15) is 48.7 Å². The molecular formula is C20H25ClN2O2. The number of hydrogen-bond acceptors (Lipinski definition) is 3. The van der Waals surface area contributed by atoms with Gasteiger partial charge in [-0.25, -0.2) is 0 Å². The first kappa shape index (κ1) is 19.3. The highest BCUT2D eigenvalue weighted by Crippen LogP contribution is 2.22. The van der Waals surface area contributed by atoms with Crippen molar-refractivity contribution >= 4 is 23.2 Å². The number of nitrogen functional groups attached to an aromatic ring is 1. The Balaban J connectivity index is 2.16. The number of benzene rings is 2. The van der Waals surface area contributed by atoms with Crippen LogP contribution in [-0.4, -0.2) is 18.6 Å². The Hall–Kier alpha value is -2.04. The number of nitrogens with two attached hydrogens (primary N) is 1. The molecule has 0 fully saturated rings. The predicted octanol–water partition coefficient (Wildman–Crippen LogP) is 4.60. The van der Waals surface area contributed by atoms with Crippen LogP contribution in [0.4, 0.5) is 5.69 Å². The lowest BCUT2D eigenvalue weighted by atomic mass is 10.0. The molecule has 5 heteroatoms. The van der Waals surface area contributed by atoms with Crippen molar-refractivity contribution in [2.24, 2.45) is 0 Å². The van der Waals surface area contributed by atoms with Crippen LogP contribution in [0.5, 0.6) is 0 Å². The number of halogens is 1. The highest BCUT2D eigenvalue weighted by atomic mass is 35.5. The number of rotatable bonds is 8. The van der Waals surface area contributed by atoms with Crippen LogP contribution in [0.15, 0.2) is 48.5 Å². The van der Waals surface area contributed by atoms with Crippen molar-refractivity contribution < 1.29 is 9.53 Å². The van der Waals surface area contributed by atoms with Crippen molar-refractivity contribution in [3.8, 4) is 0 Å². The molecule has 0 heterocycles. The number of amides is 1. The summed E-state index contributed by atoms with van der Waals surface area (Å²) < 4.78 is 5.92. The molecule has 1 unspecified atom stereocenters. The molecule has 0 saturated heterocycles. The third kappa shape index (κ3) is 5.76. The van der Waals surface area contributed by atoms with Crippen LogP contribution >= 0.6 is 11.6 Å². The topological polar surface area (TPSA) is 64.3 Å². The van der Waals surface area contributed by atoms with Gasteiger partial charge >= 0.3 is 0 Å². The maximum atomic E-state index is 12.6. The Morgan fingerprint density at radius 1 is 1.16 bits per heavy atom. The number of carbonyl (C=O) groups is 1. The summed E-state index contributed by atoms with van der Waals surface area (Å²) in [5, 5.41) is 3.73. The third-order valence-corrected chi connectivity index (χ3v) is 4.29. The van der Waals surface area contributed by atoms with Crippen molar-refractivity contribution in [1.82, 2.24) is 5.32 Å². The van der Waals surface area contributed by atoms with Gasteiger partial charge in [-0.1, -0.05) is 37.1 Å². The third-order valence-electron chi connectivity index (χ3n) is 4.04. The van der Waals surface area contributed by atoms with Gasteiger partial charge in [0, 0.05) is 22.9 Å². The fraction of sp³-hybridized carbons (Fsp3) is 0.350. The maximum absolute atomic E-state index is 12.6. The van der Waals surface area contributed by atoms with E-state index in [2.05, 4.69) is 12.2 Å². The Labute approximate surface area is 154 Å². The summed E-state index contributed by atoms with van der Waals surface area (Å²) in [7, 11) is 0. The van der Waals surface area contributed by atoms with E-state index in [1.165, 1.54) is 0 Å². The largest absolute Gasteiger partial charge is 0.399 e. The zero-order chi connectivity index (χ0) is 18.2. The average molecular weight is 361 g/mol. The molecule has 4 nitrogen and oxygen atoms in total. The van der Waals surface area contributed by atoms with Crippen LogP contribution in [0, 0.1) is 0 Å².